The molecule has 4 heteroatoms. The highest BCUT2D eigenvalue weighted by molar-refractivity contribution is 5.83. The summed E-state index contributed by atoms with van der Waals surface area (Å²) in [5.74, 6) is 0.129. The zero-order valence-corrected chi connectivity index (χ0v) is 9.87. The number of hydrogen-bond donors (Lipinski definition) is 1. The van der Waals surface area contributed by atoms with Crippen LogP contribution in [0, 0.1) is 0 Å². The minimum absolute atomic E-state index is 0.0342. The first-order chi connectivity index (χ1) is 7.65. The Hall–Kier alpha value is -1.16. The van der Waals surface area contributed by atoms with Gasteiger partial charge in [-0.25, -0.2) is 0 Å². The van der Waals surface area contributed by atoms with E-state index in [1.54, 1.807) is 13.0 Å². The summed E-state index contributed by atoms with van der Waals surface area (Å²) in [6, 6.07) is -0.0665. The maximum atomic E-state index is 11.5. The lowest BCUT2D eigenvalue weighted by molar-refractivity contribution is -0.127. The fraction of sp³-hybridized carbons (Fsp3) is 0.667. The quantitative estimate of drug-likeness (QED) is 0.700. The Labute approximate surface area is 96.7 Å². The summed E-state index contributed by atoms with van der Waals surface area (Å²) >= 11 is 0. The lowest BCUT2D eigenvalue weighted by Crippen LogP contribution is -2.48. The minimum atomic E-state index is -0.0665. The molecule has 1 unspecified atom stereocenters. The Kier molecular flexibility index (Phi) is 5.19. The summed E-state index contributed by atoms with van der Waals surface area (Å²) in [6.07, 6.45) is 4.67. The minimum Gasteiger partial charge on any atom is -0.352 e. The van der Waals surface area contributed by atoms with Crippen LogP contribution in [0.3, 0.4) is 0 Å². The smallest absolute Gasteiger partial charge is 0.234 e. The molecule has 1 heterocycles. The van der Waals surface area contributed by atoms with Crippen LogP contribution in [0.15, 0.2) is 12.7 Å². The lowest BCUT2D eigenvalue weighted by Gasteiger charge is -2.33. The van der Waals surface area contributed by atoms with Gasteiger partial charge < -0.3 is 5.32 Å². The fourth-order valence-electron chi connectivity index (χ4n) is 2.07. The van der Waals surface area contributed by atoms with E-state index in [0.717, 1.165) is 25.8 Å². The van der Waals surface area contributed by atoms with E-state index in [-0.39, 0.29) is 17.7 Å². The number of nitrogens with one attached hydrogen (secondary N) is 1. The molecule has 90 valence electrons. The highest BCUT2D eigenvalue weighted by Crippen LogP contribution is 2.17. The average molecular weight is 224 g/mol. The van der Waals surface area contributed by atoms with Crippen LogP contribution in [0.25, 0.3) is 0 Å². The van der Waals surface area contributed by atoms with E-state index in [9.17, 15) is 9.59 Å². The lowest BCUT2D eigenvalue weighted by atomic mass is 9.99. The van der Waals surface area contributed by atoms with Crippen LogP contribution < -0.4 is 5.32 Å². The summed E-state index contributed by atoms with van der Waals surface area (Å²) in [5, 5.41) is 2.73. The first-order valence-electron chi connectivity index (χ1n) is 5.77. The molecule has 1 amide bonds. The molecule has 0 bridgehead atoms. The van der Waals surface area contributed by atoms with E-state index in [4.69, 9.17) is 0 Å². The molecule has 16 heavy (non-hydrogen) atoms. The first kappa shape index (κ1) is 12.9. The molecule has 0 aromatic carbocycles. The molecule has 4 nitrogen and oxygen atoms in total. The molecule has 1 atom stereocenters. The van der Waals surface area contributed by atoms with Gasteiger partial charge in [0.15, 0.2) is 0 Å². The predicted molar refractivity (Wildman–Crippen MR) is 63.1 cm³/mol. The van der Waals surface area contributed by atoms with E-state index in [1.165, 1.54) is 0 Å². The molecule has 0 saturated carbocycles. The molecule has 1 N–H and O–H groups in total. The van der Waals surface area contributed by atoms with E-state index in [0.29, 0.717) is 13.1 Å². The van der Waals surface area contributed by atoms with E-state index in [2.05, 4.69) is 11.9 Å². The molecule has 1 aliphatic heterocycles. The third kappa shape index (κ3) is 3.77. The molecule has 1 fully saturated rings. The van der Waals surface area contributed by atoms with Gasteiger partial charge in [0.05, 0.1) is 12.6 Å². The Morgan fingerprint density at radius 3 is 2.88 bits per heavy atom. The van der Waals surface area contributed by atoms with Gasteiger partial charge in [-0.3, -0.25) is 14.5 Å². The van der Waals surface area contributed by atoms with Crippen molar-refractivity contribution < 1.29 is 9.59 Å². The maximum absolute atomic E-state index is 11.5. The molecule has 0 aromatic heterocycles. The number of piperidine rings is 1. The monoisotopic (exact) mass is 224 g/mol. The van der Waals surface area contributed by atoms with E-state index < -0.39 is 0 Å². The topological polar surface area (TPSA) is 49.4 Å². The van der Waals surface area contributed by atoms with Crippen LogP contribution in [0.5, 0.6) is 0 Å². The molecule has 0 aromatic rings. The Morgan fingerprint density at radius 2 is 2.25 bits per heavy atom. The Bertz CT molecular complexity index is 276. The van der Waals surface area contributed by atoms with Crippen LogP contribution in [0.1, 0.15) is 26.2 Å². The van der Waals surface area contributed by atoms with Crippen molar-refractivity contribution in [2.45, 2.75) is 32.2 Å². The molecule has 0 aliphatic carbocycles. The van der Waals surface area contributed by atoms with Crippen LogP contribution in [0.2, 0.25) is 0 Å². The number of hydrogen-bond acceptors (Lipinski definition) is 3. The molecular formula is C12H20N2O2. The van der Waals surface area contributed by atoms with Crippen molar-refractivity contribution in [3.63, 3.8) is 0 Å². The number of carbonyl (C=O) groups excluding carboxylic acids is 2. The van der Waals surface area contributed by atoms with Crippen molar-refractivity contribution in [3.8, 4) is 0 Å². The number of rotatable bonds is 5. The normalized spacial score (nSPS) is 21.4. The number of nitrogens with zero attached hydrogens (tertiary/aromatic N) is 1. The summed E-state index contributed by atoms with van der Waals surface area (Å²) in [6.45, 7) is 6.78. The molecule has 0 spiro atoms. The zero-order valence-electron chi connectivity index (χ0n) is 9.87. The van der Waals surface area contributed by atoms with Crippen molar-refractivity contribution in [1.82, 2.24) is 10.2 Å². The Morgan fingerprint density at radius 1 is 1.50 bits per heavy atom. The largest absolute Gasteiger partial charge is 0.352 e. The van der Waals surface area contributed by atoms with Crippen molar-refractivity contribution in [1.29, 1.82) is 0 Å². The molecule has 1 aliphatic rings. The second-order valence-electron chi connectivity index (χ2n) is 4.19. The Balaban J connectivity index is 2.46. The SMILES string of the molecule is C=CCNC(=O)CN1CCCCC1C(C)=O. The van der Waals surface area contributed by atoms with Crippen LogP contribution in [-0.2, 0) is 9.59 Å². The fourth-order valence-corrected chi connectivity index (χ4v) is 2.07. The van der Waals surface area contributed by atoms with E-state index >= 15 is 0 Å². The van der Waals surface area contributed by atoms with Gasteiger partial charge in [-0.2, -0.15) is 0 Å². The predicted octanol–water partition coefficient (Wildman–Crippen LogP) is 0.732. The van der Waals surface area contributed by atoms with Gasteiger partial charge >= 0.3 is 0 Å². The van der Waals surface area contributed by atoms with Crippen molar-refractivity contribution in [3.05, 3.63) is 12.7 Å². The summed E-state index contributed by atoms with van der Waals surface area (Å²) in [4.78, 5) is 24.9. The van der Waals surface area contributed by atoms with Crippen molar-refractivity contribution >= 4 is 11.7 Å². The highest BCUT2D eigenvalue weighted by Gasteiger charge is 2.27. The third-order valence-electron chi connectivity index (χ3n) is 2.87. The second kappa shape index (κ2) is 6.43. The van der Waals surface area contributed by atoms with Crippen LogP contribution in [0.4, 0.5) is 0 Å². The first-order valence-corrected chi connectivity index (χ1v) is 5.77. The summed E-state index contributed by atoms with van der Waals surface area (Å²) in [7, 11) is 0. The van der Waals surface area contributed by atoms with Gasteiger partial charge in [-0.05, 0) is 26.3 Å². The third-order valence-corrected chi connectivity index (χ3v) is 2.87. The molecular weight excluding hydrogens is 204 g/mol. The van der Waals surface area contributed by atoms with Crippen LogP contribution >= 0.6 is 0 Å². The highest BCUT2D eigenvalue weighted by atomic mass is 16.2. The maximum Gasteiger partial charge on any atom is 0.234 e. The van der Waals surface area contributed by atoms with Gasteiger partial charge in [0.2, 0.25) is 5.91 Å². The van der Waals surface area contributed by atoms with Gasteiger partial charge in [0.1, 0.15) is 5.78 Å². The van der Waals surface area contributed by atoms with Gasteiger partial charge in [-0.15, -0.1) is 6.58 Å². The van der Waals surface area contributed by atoms with Gasteiger partial charge in [0, 0.05) is 6.54 Å². The molecule has 1 rings (SSSR count). The average Bonchev–Trinajstić information content (AvgIpc) is 2.27. The number of likely N-dealkylation sites (tertiary alicyclic amines) is 1. The molecule has 0 radical (unpaired) electrons. The van der Waals surface area contributed by atoms with Crippen LogP contribution in [-0.4, -0.2) is 42.3 Å². The summed E-state index contributed by atoms with van der Waals surface area (Å²) < 4.78 is 0. The number of carbonyl (C=O) groups is 2. The van der Waals surface area contributed by atoms with Gasteiger partial charge in [0.25, 0.3) is 0 Å². The van der Waals surface area contributed by atoms with E-state index in [1.807, 2.05) is 4.90 Å². The number of ketones is 1. The summed E-state index contributed by atoms with van der Waals surface area (Å²) in [5.41, 5.74) is 0. The second-order valence-corrected chi connectivity index (χ2v) is 4.19. The number of amides is 1. The van der Waals surface area contributed by atoms with Crippen molar-refractivity contribution in [2.24, 2.45) is 0 Å². The van der Waals surface area contributed by atoms with Crippen molar-refractivity contribution in [2.75, 3.05) is 19.6 Å². The standard InChI is InChI=1S/C12H20N2O2/c1-3-7-13-12(16)9-14-8-5-4-6-11(14)10(2)15/h3,11H,1,4-9H2,2H3,(H,13,16). The van der Waals surface area contributed by atoms with Gasteiger partial charge in [-0.1, -0.05) is 12.5 Å². The zero-order chi connectivity index (χ0) is 12.0. The number of Topliss-reactive ketones (excluding diaryl/α,β-unsaturated/α-hetero) is 1. The molecule has 1 saturated heterocycles.